The van der Waals surface area contributed by atoms with Crippen LogP contribution in [0.4, 0.5) is 10.1 Å². The van der Waals surface area contributed by atoms with Crippen LogP contribution in [0.2, 0.25) is 5.15 Å². The third-order valence-corrected chi connectivity index (χ3v) is 4.02. The molecule has 7 heteroatoms. The molecule has 3 aromatic heterocycles. The molecule has 0 fully saturated rings. The molecule has 4 rings (SSSR count). The number of hydrogen-bond acceptors (Lipinski definition) is 4. The van der Waals surface area contributed by atoms with Gasteiger partial charge in [-0.3, -0.25) is 4.98 Å². The lowest BCUT2D eigenvalue weighted by Gasteiger charge is -2.09. The quantitative estimate of drug-likeness (QED) is 0.569. The van der Waals surface area contributed by atoms with E-state index in [1.165, 1.54) is 12.3 Å². The van der Waals surface area contributed by atoms with Crippen LogP contribution in [-0.2, 0) is 6.54 Å². The first-order chi connectivity index (χ1) is 12.2. The molecule has 0 bridgehead atoms. The first-order valence-corrected chi connectivity index (χ1v) is 8.01. The van der Waals surface area contributed by atoms with E-state index in [2.05, 4.69) is 25.3 Å². The second kappa shape index (κ2) is 6.49. The van der Waals surface area contributed by atoms with Crippen molar-refractivity contribution in [2.45, 2.75) is 6.54 Å². The number of aromatic amines is 1. The minimum Gasteiger partial charge on any atom is -0.379 e. The molecule has 0 saturated carbocycles. The second-order valence-corrected chi connectivity index (χ2v) is 5.89. The minimum atomic E-state index is -0.323. The number of fused-ring (bicyclic) bond motifs is 1. The number of pyridine rings is 1. The molecule has 0 spiro atoms. The number of aromatic nitrogens is 4. The van der Waals surface area contributed by atoms with E-state index in [-0.39, 0.29) is 5.82 Å². The van der Waals surface area contributed by atoms with Crippen molar-refractivity contribution in [3.05, 3.63) is 71.7 Å². The highest BCUT2D eigenvalue weighted by molar-refractivity contribution is 6.29. The maximum absolute atomic E-state index is 14.2. The topological polar surface area (TPSA) is 66.5 Å². The third kappa shape index (κ3) is 3.16. The van der Waals surface area contributed by atoms with Gasteiger partial charge in [0.2, 0.25) is 0 Å². The molecular formula is C18H13ClFN5. The largest absolute Gasteiger partial charge is 0.379 e. The van der Waals surface area contributed by atoms with Gasteiger partial charge in [0, 0.05) is 30.7 Å². The van der Waals surface area contributed by atoms with E-state index in [0.717, 1.165) is 16.7 Å². The van der Waals surface area contributed by atoms with E-state index in [1.54, 1.807) is 30.7 Å². The lowest BCUT2D eigenvalue weighted by molar-refractivity contribution is 0.630. The van der Waals surface area contributed by atoms with Crippen molar-refractivity contribution in [2.75, 3.05) is 5.32 Å². The highest BCUT2D eigenvalue weighted by Gasteiger charge is 2.12. The summed E-state index contributed by atoms with van der Waals surface area (Å²) in [5, 5.41) is 3.41. The first-order valence-electron chi connectivity index (χ1n) is 7.63. The van der Waals surface area contributed by atoms with Gasteiger partial charge in [-0.05, 0) is 29.3 Å². The number of H-pyrrole nitrogens is 1. The number of nitrogens with one attached hydrogen (secondary N) is 2. The van der Waals surface area contributed by atoms with Crippen molar-refractivity contribution in [3.63, 3.8) is 0 Å². The van der Waals surface area contributed by atoms with Crippen LogP contribution in [0, 0.1) is 5.82 Å². The Bertz CT molecular complexity index is 1030. The molecule has 0 unspecified atom stereocenters. The van der Waals surface area contributed by atoms with Gasteiger partial charge >= 0.3 is 0 Å². The summed E-state index contributed by atoms with van der Waals surface area (Å²) < 4.78 is 14.2. The Morgan fingerprint density at radius 2 is 2.12 bits per heavy atom. The van der Waals surface area contributed by atoms with Crippen LogP contribution < -0.4 is 5.32 Å². The Hall–Kier alpha value is -2.99. The lowest BCUT2D eigenvalue weighted by atomic mass is 10.1. The van der Waals surface area contributed by atoms with Gasteiger partial charge in [0.05, 0.1) is 11.9 Å². The van der Waals surface area contributed by atoms with Gasteiger partial charge in [0.1, 0.15) is 16.5 Å². The zero-order valence-corrected chi connectivity index (χ0v) is 13.8. The molecule has 0 amide bonds. The van der Waals surface area contributed by atoms with Gasteiger partial charge < -0.3 is 10.3 Å². The maximum Gasteiger partial charge on any atom is 0.156 e. The van der Waals surface area contributed by atoms with E-state index in [1.807, 2.05) is 12.1 Å². The monoisotopic (exact) mass is 353 g/mol. The van der Waals surface area contributed by atoms with Crippen LogP contribution in [-0.4, -0.2) is 19.9 Å². The predicted octanol–water partition coefficient (Wildman–Crippen LogP) is 4.42. The summed E-state index contributed by atoms with van der Waals surface area (Å²) in [4.78, 5) is 15.6. The van der Waals surface area contributed by atoms with Crippen molar-refractivity contribution < 1.29 is 4.39 Å². The standard InChI is InChI=1S/C18H13ClFN5/c19-16-10-24-18-17(25-16)13(9-23-18)12-3-4-14(20)15(6-12)22-8-11-2-1-5-21-7-11/h1-7,9-10,22H,8H2,(H,23,24). The molecule has 124 valence electrons. The Kier molecular flexibility index (Phi) is 4.03. The van der Waals surface area contributed by atoms with Crippen molar-refractivity contribution in [1.29, 1.82) is 0 Å². The normalized spacial score (nSPS) is 11.0. The minimum absolute atomic E-state index is 0.311. The van der Waals surface area contributed by atoms with E-state index < -0.39 is 0 Å². The molecular weight excluding hydrogens is 341 g/mol. The highest BCUT2D eigenvalue weighted by Crippen LogP contribution is 2.30. The maximum atomic E-state index is 14.2. The average Bonchev–Trinajstić information content (AvgIpc) is 3.05. The van der Waals surface area contributed by atoms with E-state index >= 15 is 0 Å². The van der Waals surface area contributed by atoms with Gasteiger partial charge in [0.25, 0.3) is 0 Å². The Labute approximate surface area is 147 Å². The van der Waals surface area contributed by atoms with E-state index in [0.29, 0.717) is 28.5 Å². The van der Waals surface area contributed by atoms with Gasteiger partial charge in [-0.2, -0.15) is 0 Å². The Morgan fingerprint density at radius 3 is 2.96 bits per heavy atom. The number of benzene rings is 1. The summed E-state index contributed by atoms with van der Waals surface area (Å²) in [7, 11) is 0. The van der Waals surface area contributed by atoms with Crippen molar-refractivity contribution in [3.8, 4) is 11.1 Å². The van der Waals surface area contributed by atoms with Gasteiger partial charge in [0.15, 0.2) is 5.65 Å². The van der Waals surface area contributed by atoms with Crippen LogP contribution in [0.1, 0.15) is 5.56 Å². The molecule has 1 aromatic carbocycles. The number of rotatable bonds is 4. The van der Waals surface area contributed by atoms with E-state index in [9.17, 15) is 4.39 Å². The fourth-order valence-electron chi connectivity index (χ4n) is 2.62. The van der Waals surface area contributed by atoms with Gasteiger partial charge in [-0.15, -0.1) is 0 Å². The molecule has 2 N–H and O–H groups in total. The first kappa shape index (κ1) is 15.5. The van der Waals surface area contributed by atoms with Crippen LogP contribution in [0.15, 0.2) is 55.1 Å². The third-order valence-electron chi connectivity index (χ3n) is 3.83. The number of nitrogens with zero attached hydrogens (tertiary/aromatic N) is 3. The Morgan fingerprint density at radius 1 is 1.20 bits per heavy atom. The molecule has 0 aliphatic rings. The van der Waals surface area contributed by atoms with Crippen molar-refractivity contribution in [1.82, 2.24) is 19.9 Å². The lowest BCUT2D eigenvalue weighted by Crippen LogP contribution is -2.02. The summed E-state index contributed by atoms with van der Waals surface area (Å²) in [5.74, 6) is -0.323. The smallest absolute Gasteiger partial charge is 0.156 e. The zero-order chi connectivity index (χ0) is 17.2. The molecule has 0 saturated heterocycles. The summed E-state index contributed by atoms with van der Waals surface area (Å²) in [6.07, 6.45) is 6.72. The molecule has 0 radical (unpaired) electrons. The molecule has 3 heterocycles. The van der Waals surface area contributed by atoms with Crippen molar-refractivity contribution in [2.24, 2.45) is 0 Å². The van der Waals surface area contributed by atoms with E-state index in [4.69, 9.17) is 11.6 Å². The highest BCUT2D eigenvalue weighted by atomic mass is 35.5. The van der Waals surface area contributed by atoms with Crippen LogP contribution in [0.5, 0.6) is 0 Å². The average molecular weight is 354 g/mol. The molecule has 5 nitrogen and oxygen atoms in total. The summed E-state index contributed by atoms with van der Waals surface area (Å²) in [5.41, 5.74) is 4.29. The second-order valence-electron chi connectivity index (χ2n) is 5.50. The number of anilines is 1. The fourth-order valence-corrected chi connectivity index (χ4v) is 2.75. The fraction of sp³-hybridized carbons (Fsp3) is 0.0556. The summed E-state index contributed by atoms with van der Waals surface area (Å²) >= 11 is 5.94. The molecule has 0 aliphatic heterocycles. The SMILES string of the molecule is Fc1ccc(-c2c[nH]c3ncc(Cl)nc23)cc1NCc1cccnc1. The number of halogens is 2. The zero-order valence-electron chi connectivity index (χ0n) is 13.0. The molecule has 4 aromatic rings. The summed E-state index contributed by atoms with van der Waals surface area (Å²) in [6.45, 7) is 0.480. The van der Waals surface area contributed by atoms with Crippen LogP contribution >= 0.6 is 11.6 Å². The Balaban J connectivity index is 1.68. The van der Waals surface area contributed by atoms with Gasteiger partial charge in [-0.1, -0.05) is 23.7 Å². The molecule has 0 atom stereocenters. The predicted molar refractivity (Wildman–Crippen MR) is 95.9 cm³/mol. The van der Waals surface area contributed by atoms with Gasteiger partial charge in [-0.25, -0.2) is 14.4 Å². The number of hydrogen-bond donors (Lipinski definition) is 2. The molecule has 25 heavy (non-hydrogen) atoms. The molecule has 0 aliphatic carbocycles. The van der Waals surface area contributed by atoms with Crippen LogP contribution in [0.25, 0.3) is 22.3 Å². The summed E-state index contributed by atoms with van der Waals surface area (Å²) in [6, 6.07) is 8.65. The van der Waals surface area contributed by atoms with Crippen LogP contribution in [0.3, 0.4) is 0 Å². The van der Waals surface area contributed by atoms with Crippen molar-refractivity contribution >= 4 is 28.5 Å².